The van der Waals surface area contributed by atoms with Crippen molar-refractivity contribution in [1.82, 2.24) is 0 Å². The molecular weight excluding hydrogens is 272 g/mol. The van der Waals surface area contributed by atoms with Crippen LogP contribution < -0.4 is 0 Å². The summed E-state index contributed by atoms with van der Waals surface area (Å²) in [5.74, 6) is 2.75. The monoisotopic (exact) mass is 302 g/mol. The Hall–Kier alpha value is -0.630. The van der Waals surface area contributed by atoms with Gasteiger partial charge < -0.3 is 5.11 Å². The average Bonchev–Trinajstić information content (AvgIpc) is 2.84. The molecule has 4 aliphatic carbocycles. The molecule has 0 heterocycles. The zero-order valence-corrected chi connectivity index (χ0v) is 13.9. The van der Waals surface area contributed by atoms with Crippen LogP contribution >= 0.6 is 0 Å². The van der Waals surface area contributed by atoms with Crippen molar-refractivity contribution in [3.05, 3.63) is 11.1 Å². The van der Waals surface area contributed by atoms with E-state index >= 15 is 0 Å². The second-order valence-corrected chi connectivity index (χ2v) is 8.37. The number of Topliss-reactive ketones (excluding diaryl/α,β-unsaturated/α-hetero) is 1. The quantitative estimate of drug-likeness (QED) is 0.767. The lowest BCUT2D eigenvalue weighted by Gasteiger charge is -2.52. The number of aliphatic hydroxyl groups excluding tert-OH is 1. The SMILES string of the molecule is CCC[C@]12CC[C@@H]3C4=C(CC[C@H]3[C@@H]1CC[C@@H]2O)CC(=O)CC4. The Morgan fingerprint density at radius 1 is 1.14 bits per heavy atom. The number of hydrogen-bond donors (Lipinski definition) is 1. The molecule has 0 radical (unpaired) electrons. The molecular formula is C20H30O2. The highest BCUT2D eigenvalue weighted by molar-refractivity contribution is 5.82. The van der Waals surface area contributed by atoms with Crippen LogP contribution in [0.4, 0.5) is 0 Å². The third kappa shape index (κ3) is 2.06. The van der Waals surface area contributed by atoms with Crippen LogP contribution in [0.2, 0.25) is 0 Å². The fourth-order valence-electron chi connectivity index (χ4n) is 6.78. The molecule has 2 heteroatoms. The van der Waals surface area contributed by atoms with Crippen molar-refractivity contribution >= 4 is 5.78 Å². The van der Waals surface area contributed by atoms with Gasteiger partial charge in [0.25, 0.3) is 0 Å². The highest BCUT2D eigenvalue weighted by Crippen LogP contribution is 2.62. The zero-order valence-electron chi connectivity index (χ0n) is 13.9. The molecule has 0 aliphatic heterocycles. The molecule has 0 amide bonds. The molecule has 2 nitrogen and oxygen atoms in total. The first-order chi connectivity index (χ1) is 10.7. The number of fused-ring (bicyclic) bond motifs is 4. The molecule has 2 saturated carbocycles. The number of aliphatic hydroxyl groups is 1. The highest BCUT2D eigenvalue weighted by Gasteiger charge is 2.56. The Balaban J connectivity index is 1.64. The van der Waals surface area contributed by atoms with E-state index in [-0.39, 0.29) is 11.5 Å². The number of rotatable bonds is 2. The van der Waals surface area contributed by atoms with Gasteiger partial charge in [0.2, 0.25) is 0 Å². The van der Waals surface area contributed by atoms with E-state index in [9.17, 15) is 9.90 Å². The second kappa shape index (κ2) is 5.47. The molecule has 0 unspecified atom stereocenters. The summed E-state index contributed by atoms with van der Waals surface area (Å²) in [4.78, 5) is 11.8. The summed E-state index contributed by atoms with van der Waals surface area (Å²) in [5, 5.41) is 10.7. The van der Waals surface area contributed by atoms with Crippen LogP contribution in [-0.4, -0.2) is 17.0 Å². The van der Waals surface area contributed by atoms with Gasteiger partial charge in [-0.15, -0.1) is 0 Å². The first-order valence-electron chi connectivity index (χ1n) is 9.56. The minimum Gasteiger partial charge on any atom is -0.393 e. The third-order valence-electron chi connectivity index (χ3n) is 7.59. The van der Waals surface area contributed by atoms with E-state index < -0.39 is 0 Å². The summed E-state index contributed by atoms with van der Waals surface area (Å²) in [6.45, 7) is 2.27. The maximum Gasteiger partial charge on any atom is 0.137 e. The lowest BCUT2D eigenvalue weighted by Crippen LogP contribution is -2.47. The van der Waals surface area contributed by atoms with Crippen molar-refractivity contribution in [3.63, 3.8) is 0 Å². The molecule has 0 aromatic carbocycles. The van der Waals surface area contributed by atoms with Crippen molar-refractivity contribution < 1.29 is 9.90 Å². The van der Waals surface area contributed by atoms with Crippen LogP contribution in [0.1, 0.15) is 77.6 Å². The number of hydrogen-bond acceptors (Lipinski definition) is 2. The van der Waals surface area contributed by atoms with Gasteiger partial charge in [0.15, 0.2) is 0 Å². The summed E-state index contributed by atoms with van der Waals surface area (Å²) >= 11 is 0. The van der Waals surface area contributed by atoms with Gasteiger partial charge in [0.1, 0.15) is 5.78 Å². The van der Waals surface area contributed by atoms with Crippen LogP contribution in [0.5, 0.6) is 0 Å². The third-order valence-corrected chi connectivity index (χ3v) is 7.59. The fourth-order valence-corrected chi connectivity index (χ4v) is 6.78. The Morgan fingerprint density at radius 3 is 2.82 bits per heavy atom. The number of ketones is 1. The highest BCUT2D eigenvalue weighted by atomic mass is 16.3. The van der Waals surface area contributed by atoms with Crippen molar-refractivity contribution in [2.24, 2.45) is 23.2 Å². The maximum atomic E-state index is 11.8. The molecule has 5 atom stereocenters. The molecule has 4 rings (SSSR count). The van der Waals surface area contributed by atoms with E-state index in [1.54, 1.807) is 5.57 Å². The van der Waals surface area contributed by atoms with E-state index in [2.05, 4.69) is 6.92 Å². The van der Waals surface area contributed by atoms with Crippen LogP contribution in [0.25, 0.3) is 0 Å². The van der Waals surface area contributed by atoms with Gasteiger partial charge in [-0.3, -0.25) is 4.79 Å². The van der Waals surface area contributed by atoms with Crippen molar-refractivity contribution in [3.8, 4) is 0 Å². The molecule has 122 valence electrons. The van der Waals surface area contributed by atoms with Crippen LogP contribution in [-0.2, 0) is 4.79 Å². The molecule has 1 N–H and O–H groups in total. The standard InChI is InChI=1S/C20H30O2/c1-2-10-20-11-9-16-15-6-4-14(21)12-13(15)3-5-17(16)18(20)7-8-19(20)22/h16-19,22H,2-12H2,1H3/t16-,17-,18+,19+,20+/m1/s1. The van der Waals surface area contributed by atoms with E-state index in [1.165, 1.54) is 44.1 Å². The van der Waals surface area contributed by atoms with Crippen molar-refractivity contribution in [2.75, 3.05) is 0 Å². The minimum atomic E-state index is -0.0540. The first kappa shape index (κ1) is 14.9. The first-order valence-corrected chi connectivity index (χ1v) is 9.56. The Labute approximate surface area is 134 Å². The van der Waals surface area contributed by atoms with Gasteiger partial charge in [0, 0.05) is 12.8 Å². The number of carbonyl (C=O) groups excluding carboxylic acids is 1. The maximum absolute atomic E-state index is 11.8. The van der Waals surface area contributed by atoms with Gasteiger partial charge >= 0.3 is 0 Å². The molecule has 0 aromatic heterocycles. The van der Waals surface area contributed by atoms with E-state index in [0.717, 1.165) is 49.9 Å². The molecule has 4 aliphatic rings. The molecule has 0 aromatic rings. The predicted octanol–water partition coefficient (Wildman–Crippen LogP) is 4.41. The number of carbonyl (C=O) groups is 1. The lowest BCUT2D eigenvalue weighted by atomic mass is 9.52. The molecule has 22 heavy (non-hydrogen) atoms. The van der Waals surface area contributed by atoms with E-state index in [0.29, 0.717) is 5.78 Å². The predicted molar refractivity (Wildman–Crippen MR) is 87.4 cm³/mol. The Kier molecular flexibility index (Phi) is 3.71. The summed E-state index contributed by atoms with van der Waals surface area (Å²) < 4.78 is 0. The van der Waals surface area contributed by atoms with Gasteiger partial charge in [0.05, 0.1) is 6.10 Å². The van der Waals surface area contributed by atoms with Crippen LogP contribution in [0, 0.1) is 23.2 Å². The molecule has 0 saturated heterocycles. The average molecular weight is 302 g/mol. The van der Waals surface area contributed by atoms with Crippen molar-refractivity contribution in [1.29, 1.82) is 0 Å². The lowest BCUT2D eigenvalue weighted by molar-refractivity contribution is -0.119. The summed E-state index contributed by atoms with van der Waals surface area (Å²) in [5.41, 5.74) is 3.43. The second-order valence-electron chi connectivity index (χ2n) is 8.37. The molecule has 2 fully saturated rings. The molecule has 0 spiro atoms. The van der Waals surface area contributed by atoms with Crippen LogP contribution in [0.3, 0.4) is 0 Å². The summed E-state index contributed by atoms with van der Waals surface area (Å²) in [6.07, 6.45) is 12.1. The largest absolute Gasteiger partial charge is 0.393 e. The van der Waals surface area contributed by atoms with Gasteiger partial charge in [-0.2, -0.15) is 0 Å². The number of allylic oxidation sites excluding steroid dienone is 2. The van der Waals surface area contributed by atoms with Gasteiger partial charge in [-0.25, -0.2) is 0 Å². The smallest absolute Gasteiger partial charge is 0.137 e. The molecule has 0 bridgehead atoms. The zero-order chi connectivity index (χ0) is 15.3. The fraction of sp³-hybridized carbons (Fsp3) is 0.850. The Bertz CT molecular complexity index is 506. The topological polar surface area (TPSA) is 37.3 Å². The van der Waals surface area contributed by atoms with Crippen molar-refractivity contribution in [2.45, 2.75) is 83.7 Å². The summed E-state index contributed by atoms with van der Waals surface area (Å²) in [7, 11) is 0. The van der Waals surface area contributed by atoms with E-state index in [1.807, 2.05) is 0 Å². The van der Waals surface area contributed by atoms with Crippen LogP contribution in [0.15, 0.2) is 11.1 Å². The van der Waals surface area contributed by atoms with Gasteiger partial charge in [-0.05, 0) is 74.5 Å². The normalized spacial score (nSPS) is 44.5. The Morgan fingerprint density at radius 2 is 2.00 bits per heavy atom. The van der Waals surface area contributed by atoms with E-state index in [4.69, 9.17) is 0 Å². The summed E-state index contributed by atoms with van der Waals surface area (Å²) in [6, 6.07) is 0. The van der Waals surface area contributed by atoms with Gasteiger partial charge in [-0.1, -0.05) is 24.5 Å². The minimum absolute atomic E-state index is 0.0540.